The molecular weight excluding hydrogens is 258 g/mol. The Morgan fingerprint density at radius 3 is 2.30 bits per heavy atom. The number of carbonyl (C=O) groups is 2. The predicted octanol–water partition coefficient (Wildman–Crippen LogP) is 0.372. The lowest BCUT2D eigenvalue weighted by atomic mass is 10.2. The molecule has 104 valence electrons. The van der Waals surface area contributed by atoms with Crippen molar-refractivity contribution in [3.8, 4) is 5.69 Å². The van der Waals surface area contributed by atoms with Crippen LogP contribution in [0.25, 0.3) is 5.69 Å². The second-order valence-corrected chi connectivity index (χ2v) is 4.08. The molecule has 0 unspecified atom stereocenters. The summed E-state index contributed by atoms with van der Waals surface area (Å²) >= 11 is 0. The molecule has 0 bridgehead atoms. The third kappa shape index (κ3) is 2.46. The lowest BCUT2D eigenvalue weighted by Gasteiger charge is -2.03. The fourth-order valence-electron chi connectivity index (χ4n) is 1.78. The second kappa shape index (κ2) is 5.43. The Morgan fingerprint density at radius 1 is 1.20 bits per heavy atom. The zero-order valence-corrected chi connectivity index (χ0v) is 11.2. The molecule has 2 amide bonds. The summed E-state index contributed by atoms with van der Waals surface area (Å²) in [5.41, 5.74) is 7.25. The smallest absolute Gasteiger partial charge is 0.271 e. The number of benzene rings is 1. The van der Waals surface area contributed by atoms with Gasteiger partial charge in [0.25, 0.3) is 11.8 Å². The SMILES string of the molecule is CNC(=O)c1ccc(-n2cc(NC)c(C(N)=O)n2)cc1. The Morgan fingerprint density at radius 2 is 1.85 bits per heavy atom. The van der Waals surface area contributed by atoms with Crippen LogP contribution in [0.4, 0.5) is 5.69 Å². The zero-order valence-electron chi connectivity index (χ0n) is 11.2. The van der Waals surface area contributed by atoms with Crippen molar-refractivity contribution in [2.75, 3.05) is 19.4 Å². The number of nitrogens with zero attached hydrogens (tertiary/aromatic N) is 2. The highest BCUT2D eigenvalue weighted by Crippen LogP contribution is 2.17. The Hall–Kier alpha value is -2.83. The van der Waals surface area contributed by atoms with Gasteiger partial charge in [0.05, 0.1) is 17.6 Å². The molecule has 1 heterocycles. The minimum atomic E-state index is -0.602. The number of carbonyl (C=O) groups excluding carboxylic acids is 2. The molecule has 0 aliphatic rings. The quantitative estimate of drug-likeness (QED) is 0.749. The molecule has 4 N–H and O–H groups in total. The summed E-state index contributed by atoms with van der Waals surface area (Å²) in [6.45, 7) is 0. The minimum Gasteiger partial charge on any atom is -0.385 e. The first-order valence-corrected chi connectivity index (χ1v) is 5.96. The average molecular weight is 273 g/mol. The van der Waals surface area contributed by atoms with Gasteiger partial charge >= 0.3 is 0 Å². The van der Waals surface area contributed by atoms with Crippen molar-refractivity contribution in [2.45, 2.75) is 0 Å². The van der Waals surface area contributed by atoms with Gasteiger partial charge in [0.15, 0.2) is 5.69 Å². The fourth-order valence-corrected chi connectivity index (χ4v) is 1.78. The summed E-state index contributed by atoms with van der Waals surface area (Å²) in [7, 11) is 3.25. The van der Waals surface area contributed by atoms with Gasteiger partial charge in [-0.2, -0.15) is 5.10 Å². The molecule has 7 heteroatoms. The number of hydrogen-bond donors (Lipinski definition) is 3. The summed E-state index contributed by atoms with van der Waals surface area (Å²) in [5, 5.41) is 9.53. The first-order chi connectivity index (χ1) is 9.56. The number of anilines is 1. The van der Waals surface area contributed by atoms with E-state index >= 15 is 0 Å². The van der Waals surface area contributed by atoms with Crippen LogP contribution >= 0.6 is 0 Å². The molecule has 0 radical (unpaired) electrons. The number of aromatic nitrogens is 2. The molecule has 0 aliphatic heterocycles. The molecule has 0 spiro atoms. The van der Waals surface area contributed by atoms with Gasteiger partial charge < -0.3 is 16.4 Å². The summed E-state index contributed by atoms with van der Waals surface area (Å²) in [4.78, 5) is 22.7. The van der Waals surface area contributed by atoms with E-state index in [0.29, 0.717) is 11.3 Å². The van der Waals surface area contributed by atoms with Crippen molar-refractivity contribution in [3.63, 3.8) is 0 Å². The van der Waals surface area contributed by atoms with Crippen LogP contribution < -0.4 is 16.4 Å². The predicted molar refractivity (Wildman–Crippen MR) is 75.0 cm³/mol. The number of amides is 2. The van der Waals surface area contributed by atoms with E-state index in [1.807, 2.05) is 0 Å². The van der Waals surface area contributed by atoms with Gasteiger partial charge in [-0.25, -0.2) is 4.68 Å². The van der Waals surface area contributed by atoms with Crippen molar-refractivity contribution < 1.29 is 9.59 Å². The van der Waals surface area contributed by atoms with E-state index in [4.69, 9.17) is 5.73 Å². The van der Waals surface area contributed by atoms with Crippen LogP contribution in [0.15, 0.2) is 30.5 Å². The highest BCUT2D eigenvalue weighted by Gasteiger charge is 2.13. The van der Waals surface area contributed by atoms with E-state index < -0.39 is 5.91 Å². The Kier molecular flexibility index (Phi) is 3.69. The maximum Gasteiger partial charge on any atom is 0.271 e. The topological polar surface area (TPSA) is 102 Å². The second-order valence-electron chi connectivity index (χ2n) is 4.08. The molecule has 7 nitrogen and oxygen atoms in total. The highest BCUT2D eigenvalue weighted by molar-refractivity contribution is 5.96. The molecule has 0 saturated carbocycles. The van der Waals surface area contributed by atoms with Crippen LogP contribution in [-0.2, 0) is 0 Å². The third-order valence-corrected chi connectivity index (χ3v) is 2.84. The summed E-state index contributed by atoms with van der Waals surface area (Å²) in [6.07, 6.45) is 1.66. The summed E-state index contributed by atoms with van der Waals surface area (Å²) in [5.74, 6) is -0.763. The Labute approximate surface area is 115 Å². The lowest BCUT2D eigenvalue weighted by Crippen LogP contribution is -2.17. The Bertz CT molecular complexity index is 645. The molecule has 20 heavy (non-hydrogen) atoms. The van der Waals surface area contributed by atoms with Gasteiger partial charge in [0.2, 0.25) is 0 Å². The molecule has 1 aromatic heterocycles. The zero-order chi connectivity index (χ0) is 14.7. The first kappa shape index (κ1) is 13.6. The molecule has 0 fully saturated rings. The number of rotatable bonds is 4. The molecule has 0 saturated heterocycles. The van der Waals surface area contributed by atoms with E-state index in [2.05, 4.69) is 15.7 Å². The van der Waals surface area contributed by atoms with E-state index in [1.165, 1.54) is 4.68 Å². The monoisotopic (exact) mass is 273 g/mol. The number of primary amides is 1. The average Bonchev–Trinajstić information content (AvgIpc) is 2.91. The van der Waals surface area contributed by atoms with E-state index in [9.17, 15) is 9.59 Å². The fraction of sp³-hybridized carbons (Fsp3) is 0.154. The van der Waals surface area contributed by atoms with Gasteiger partial charge in [-0.15, -0.1) is 0 Å². The molecule has 2 rings (SSSR count). The van der Waals surface area contributed by atoms with Crippen molar-refractivity contribution in [2.24, 2.45) is 5.73 Å². The van der Waals surface area contributed by atoms with E-state index in [-0.39, 0.29) is 11.6 Å². The van der Waals surface area contributed by atoms with Crippen LogP contribution in [0.5, 0.6) is 0 Å². The Balaban J connectivity index is 2.37. The number of nitrogens with one attached hydrogen (secondary N) is 2. The van der Waals surface area contributed by atoms with Crippen LogP contribution in [0.1, 0.15) is 20.8 Å². The lowest BCUT2D eigenvalue weighted by molar-refractivity contribution is 0.0961. The maximum atomic E-state index is 11.5. The van der Waals surface area contributed by atoms with Gasteiger partial charge in [-0.1, -0.05) is 0 Å². The summed E-state index contributed by atoms with van der Waals surface area (Å²) < 4.78 is 1.53. The molecular formula is C13H15N5O2. The van der Waals surface area contributed by atoms with Gasteiger partial charge in [0, 0.05) is 19.7 Å². The van der Waals surface area contributed by atoms with Crippen molar-refractivity contribution >= 4 is 17.5 Å². The summed E-state index contributed by atoms with van der Waals surface area (Å²) in [6, 6.07) is 6.83. The largest absolute Gasteiger partial charge is 0.385 e. The third-order valence-electron chi connectivity index (χ3n) is 2.84. The van der Waals surface area contributed by atoms with Crippen molar-refractivity contribution in [1.29, 1.82) is 0 Å². The molecule has 0 atom stereocenters. The number of hydrogen-bond acceptors (Lipinski definition) is 4. The van der Waals surface area contributed by atoms with Gasteiger partial charge in [-0.3, -0.25) is 9.59 Å². The molecule has 2 aromatic rings. The van der Waals surface area contributed by atoms with Crippen molar-refractivity contribution in [1.82, 2.24) is 15.1 Å². The van der Waals surface area contributed by atoms with Gasteiger partial charge in [-0.05, 0) is 24.3 Å². The minimum absolute atomic E-state index is 0.161. The molecule has 0 aliphatic carbocycles. The normalized spacial score (nSPS) is 10.1. The van der Waals surface area contributed by atoms with Crippen molar-refractivity contribution in [3.05, 3.63) is 41.7 Å². The van der Waals surface area contributed by atoms with Crippen LogP contribution in [0.2, 0.25) is 0 Å². The van der Waals surface area contributed by atoms with E-state index in [0.717, 1.165) is 5.69 Å². The maximum absolute atomic E-state index is 11.5. The first-order valence-electron chi connectivity index (χ1n) is 5.96. The highest BCUT2D eigenvalue weighted by atomic mass is 16.2. The van der Waals surface area contributed by atoms with Crippen LogP contribution in [0.3, 0.4) is 0 Å². The number of nitrogens with two attached hydrogens (primary N) is 1. The van der Waals surface area contributed by atoms with Gasteiger partial charge in [0.1, 0.15) is 0 Å². The van der Waals surface area contributed by atoms with Crippen LogP contribution in [0, 0.1) is 0 Å². The standard InChI is InChI=1S/C13H15N5O2/c1-15-10-7-18(17-11(10)12(14)19)9-5-3-8(4-6-9)13(20)16-2/h3-7,15H,1-2H3,(H2,14,19)(H,16,20). The molecule has 1 aromatic carbocycles. The van der Waals surface area contributed by atoms with Crippen LogP contribution in [-0.4, -0.2) is 35.7 Å². The van der Waals surface area contributed by atoms with E-state index in [1.54, 1.807) is 44.6 Å².